The molecule has 4 nitrogen and oxygen atoms in total. The van der Waals surface area contributed by atoms with Crippen LogP contribution < -0.4 is 0 Å². The van der Waals surface area contributed by atoms with Gasteiger partial charge in [0.1, 0.15) is 5.01 Å². The highest BCUT2D eigenvalue weighted by Gasteiger charge is 2.27. The van der Waals surface area contributed by atoms with Crippen LogP contribution in [0.2, 0.25) is 0 Å². The summed E-state index contributed by atoms with van der Waals surface area (Å²) in [7, 11) is 0. The number of hydrogen-bond donors (Lipinski definition) is 0. The maximum Gasteiger partial charge on any atom is 0.358 e. The summed E-state index contributed by atoms with van der Waals surface area (Å²) < 4.78 is 5.29. The molecule has 1 heterocycles. The van der Waals surface area contributed by atoms with Gasteiger partial charge in [-0.1, -0.05) is 30.3 Å². The van der Waals surface area contributed by atoms with Crippen LogP contribution in [0, 0.1) is 0 Å². The highest BCUT2D eigenvalue weighted by Crippen LogP contribution is 2.24. The zero-order valence-corrected chi connectivity index (χ0v) is 12.3. The number of rotatable bonds is 3. The van der Waals surface area contributed by atoms with E-state index in [0.29, 0.717) is 12.8 Å². The summed E-state index contributed by atoms with van der Waals surface area (Å²) in [6, 6.07) is 9.67. The van der Waals surface area contributed by atoms with Crippen molar-refractivity contribution in [3.63, 3.8) is 0 Å². The van der Waals surface area contributed by atoms with Crippen LogP contribution >= 0.6 is 11.3 Å². The van der Waals surface area contributed by atoms with Crippen molar-refractivity contribution < 1.29 is 14.3 Å². The Balaban J connectivity index is 1.71. The summed E-state index contributed by atoms with van der Waals surface area (Å²) >= 11 is 1.40. The van der Waals surface area contributed by atoms with Gasteiger partial charge in [-0.05, 0) is 19.3 Å². The summed E-state index contributed by atoms with van der Waals surface area (Å²) in [5, 5.41) is 2.45. The van der Waals surface area contributed by atoms with Gasteiger partial charge < -0.3 is 4.74 Å². The monoisotopic (exact) mass is 301 g/mol. The molecule has 0 N–H and O–H groups in total. The molecule has 0 radical (unpaired) electrons. The molecule has 3 rings (SSSR count). The van der Waals surface area contributed by atoms with Crippen LogP contribution in [0.15, 0.2) is 35.7 Å². The van der Waals surface area contributed by atoms with E-state index < -0.39 is 12.1 Å². The van der Waals surface area contributed by atoms with Gasteiger partial charge >= 0.3 is 5.97 Å². The molecule has 21 heavy (non-hydrogen) atoms. The Labute approximate surface area is 126 Å². The molecule has 1 aromatic carbocycles. The molecule has 0 amide bonds. The van der Waals surface area contributed by atoms with Gasteiger partial charge in [0.25, 0.3) is 0 Å². The highest BCUT2D eigenvalue weighted by molar-refractivity contribution is 7.13. The molecule has 1 atom stereocenters. The standard InChI is InChI=1S/C16H15NO3S/c18-13-8-4-5-9-14(13)20-16(19)12-10-21-15(17-12)11-6-2-1-3-7-11/h1-3,6-7,10,14H,4-5,8-9H2/t14-/m1/s1. The second kappa shape index (κ2) is 6.18. The summed E-state index contributed by atoms with van der Waals surface area (Å²) in [5.41, 5.74) is 1.24. The van der Waals surface area contributed by atoms with Crippen LogP contribution in [0.4, 0.5) is 0 Å². The van der Waals surface area contributed by atoms with Crippen LogP contribution in [0.3, 0.4) is 0 Å². The average molecular weight is 301 g/mol. The Morgan fingerprint density at radius 3 is 2.81 bits per heavy atom. The lowest BCUT2D eigenvalue weighted by molar-refractivity contribution is -0.129. The molecule has 0 spiro atoms. The minimum Gasteiger partial charge on any atom is -0.450 e. The van der Waals surface area contributed by atoms with E-state index in [2.05, 4.69) is 4.98 Å². The van der Waals surface area contributed by atoms with Gasteiger partial charge in [-0.2, -0.15) is 0 Å². The number of nitrogens with zero attached hydrogens (tertiary/aromatic N) is 1. The van der Waals surface area contributed by atoms with Crippen molar-refractivity contribution in [1.29, 1.82) is 0 Å². The number of ketones is 1. The Bertz CT molecular complexity index is 651. The third-order valence-electron chi connectivity index (χ3n) is 3.48. The molecule has 1 aliphatic rings. The SMILES string of the molecule is O=C(O[C@@H]1CCCCC1=O)c1csc(-c2ccccc2)n1. The normalized spacial score (nSPS) is 18.5. The lowest BCUT2D eigenvalue weighted by atomic mass is 9.96. The zero-order chi connectivity index (χ0) is 14.7. The van der Waals surface area contributed by atoms with Crippen LogP contribution in [0.5, 0.6) is 0 Å². The molecule has 108 valence electrons. The molecule has 1 fully saturated rings. The minimum atomic E-state index is -0.590. The largest absolute Gasteiger partial charge is 0.450 e. The molecule has 1 aromatic heterocycles. The van der Waals surface area contributed by atoms with Crippen LogP contribution in [-0.4, -0.2) is 22.8 Å². The number of esters is 1. The van der Waals surface area contributed by atoms with Crippen LogP contribution in [-0.2, 0) is 9.53 Å². The van der Waals surface area contributed by atoms with Crippen molar-refractivity contribution in [3.05, 3.63) is 41.4 Å². The summed E-state index contributed by atoms with van der Waals surface area (Å²) in [4.78, 5) is 28.1. The first kappa shape index (κ1) is 13.9. The number of thiazole rings is 1. The van der Waals surface area contributed by atoms with E-state index in [1.807, 2.05) is 30.3 Å². The third kappa shape index (κ3) is 3.19. The van der Waals surface area contributed by atoms with E-state index in [-0.39, 0.29) is 11.5 Å². The fourth-order valence-corrected chi connectivity index (χ4v) is 3.14. The van der Waals surface area contributed by atoms with Crippen LogP contribution in [0.25, 0.3) is 10.6 Å². The van der Waals surface area contributed by atoms with Crippen molar-refractivity contribution in [2.75, 3.05) is 0 Å². The topological polar surface area (TPSA) is 56.3 Å². The number of hydrogen-bond acceptors (Lipinski definition) is 5. The molecule has 5 heteroatoms. The first-order valence-corrected chi connectivity index (χ1v) is 7.86. The van der Waals surface area contributed by atoms with Gasteiger partial charge in [-0.15, -0.1) is 11.3 Å². The Morgan fingerprint density at radius 2 is 2.05 bits per heavy atom. The maximum absolute atomic E-state index is 12.1. The summed E-state index contributed by atoms with van der Waals surface area (Å²) in [6.45, 7) is 0. The Morgan fingerprint density at radius 1 is 1.24 bits per heavy atom. The number of carbonyl (C=O) groups excluding carboxylic acids is 2. The number of Topliss-reactive ketones (excluding diaryl/α,β-unsaturated/α-hetero) is 1. The predicted molar refractivity (Wildman–Crippen MR) is 80.2 cm³/mol. The average Bonchev–Trinajstić information content (AvgIpc) is 3.00. The molecule has 0 aliphatic heterocycles. The number of aromatic nitrogens is 1. The Hall–Kier alpha value is -2.01. The van der Waals surface area contributed by atoms with Gasteiger partial charge in [-0.3, -0.25) is 4.79 Å². The van der Waals surface area contributed by atoms with Crippen molar-refractivity contribution >= 4 is 23.1 Å². The third-order valence-corrected chi connectivity index (χ3v) is 4.37. The molecule has 0 bridgehead atoms. The van der Waals surface area contributed by atoms with Gasteiger partial charge in [0.15, 0.2) is 17.6 Å². The van der Waals surface area contributed by atoms with E-state index in [1.54, 1.807) is 5.38 Å². The lowest BCUT2D eigenvalue weighted by Crippen LogP contribution is -2.30. The second-order valence-electron chi connectivity index (χ2n) is 5.01. The number of carbonyl (C=O) groups is 2. The van der Waals surface area contributed by atoms with E-state index in [0.717, 1.165) is 23.4 Å². The van der Waals surface area contributed by atoms with Crippen molar-refractivity contribution in [2.24, 2.45) is 0 Å². The van der Waals surface area contributed by atoms with E-state index in [1.165, 1.54) is 11.3 Å². The molecule has 0 saturated heterocycles. The van der Waals surface area contributed by atoms with Gasteiger partial charge in [-0.25, -0.2) is 9.78 Å². The molecule has 1 aliphatic carbocycles. The molecular weight excluding hydrogens is 286 g/mol. The predicted octanol–water partition coefficient (Wildman–Crippen LogP) is 3.48. The quantitative estimate of drug-likeness (QED) is 0.814. The molecule has 1 saturated carbocycles. The van der Waals surface area contributed by atoms with Crippen molar-refractivity contribution in [2.45, 2.75) is 31.8 Å². The number of ether oxygens (including phenoxy) is 1. The fraction of sp³-hybridized carbons (Fsp3) is 0.312. The van der Waals surface area contributed by atoms with E-state index in [9.17, 15) is 9.59 Å². The summed E-state index contributed by atoms with van der Waals surface area (Å²) in [5.74, 6) is -0.484. The number of benzene rings is 1. The molecule has 0 unspecified atom stereocenters. The zero-order valence-electron chi connectivity index (χ0n) is 11.5. The molecule has 2 aromatic rings. The van der Waals surface area contributed by atoms with Crippen LogP contribution in [0.1, 0.15) is 36.2 Å². The smallest absolute Gasteiger partial charge is 0.358 e. The minimum absolute atomic E-state index is 0.0214. The highest BCUT2D eigenvalue weighted by atomic mass is 32.1. The van der Waals surface area contributed by atoms with Crippen molar-refractivity contribution in [1.82, 2.24) is 4.98 Å². The summed E-state index contributed by atoms with van der Waals surface area (Å²) in [6.07, 6.45) is 2.36. The first-order valence-electron chi connectivity index (χ1n) is 6.98. The van der Waals surface area contributed by atoms with Crippen molar-refractivity contribution in [3.8, 4) is 10.6 Å². The van der Waals surface area contributed by atoms with E-state index >= 15 is 0 Å². The Kier molecular flexibility index (Phi) is 4.10. The van der Waals surface area contributed by atoms with Gasteiger partial charge in [0.2, 0.25) is 0 Å². The van der Waals surface area contributed by atoms with Gasteiger partial charge in [0, 0.05) is 17.4 Å². The fourth-order valence-electron chi connectivity index (χ4n) is 2.35. The second-order valence-corrected chi connectivity index (χ2v) is 5.87. The van der Waals surface area contributed by atoms with E-state index in [4.69, 9.17) is 4.74 Å². The van der Waals surface area contributed by atoms with Gasteiger partial charge in [0.05, 0.1) is 0 Å². The first-order chi connectivity index (χ1) is 10.2. The lowest BCUT2D eigenvalue weighted by Gasteiger charge is -2.19. The maximum atomic E-state index is 12.1. The molecular formula is C16H15NO3S.